The molecule has 1 amide bonds. The third-order valence-electron chi connectivity index (χ3n) is 2.68. The molecule has 3 nitrogen and oxygen atoms in total. The number of anilines is 1. The molecule has 0 aliphatic carbocycles. The SMILES string of the molecule is COc1ccc(NC(=O)[C@H](Cl)c2ccccc2)cc1. The molecule has 19 heavy (non-hydrogen) atoms. The monoisotopic (exact) mass is 275 g/mol. The van der Waals surface area contributed by atoms with Gasteiger partial charge in [-0.3, -0.25) is 4.79 Å². The third kappa shape index (κ3) is 3.48. The summed E-state index contributed by atoms with van der Waals surface area (Å²) in [6, 6.07) is 16.3. The molecule has 1 N–H and O–H groups in total. The minimum Gasteiger partial charge on any atom is -0.497 e. The Bertz CT molecular complexity index is 540. The van der Waals surface area contributed by atoms with Crippen LogP contribution in [-0.2, 0) is 4.79 Å². The number of alkyl halides is 1. The first kappa shape index (κ1) is 13.4. The summed E-state index contributed by atoms with van der Waals surface area (Å²) in [5, 5.41) is 2.06. The van der Waals surface area contributed by atoms with E-state index >= 15 is 0 Å². The van der Waals surface area contributed by atoms with Gasteiger partial charge in [-0.2, -0.15) is 0 Å². The van der Waals surface area contributed by atoms with Crippen molar-refractivity contribution in [2.45, 2.75) is 5.38 Å². The molecule has 2 rings (SSSR count). The number of rotatable bonds is 4. The van der Waals surface area contributed by atoms with E-state index in [9.17, 15) is 4.79 Å². The Morgan fingerprint density at radius 3 is 2.32 bits per heavy atom. The fourth-order valence-corrected chi connectivity index (χ4v) is 1.85. The quantitative estimate of drug-likeness (QED) is 0.866. The van der Waals surface area contributed by atoms with E-state index in [1.54, 1.807) is 31.4 Å². The molecule has 0 radical (unpaired) electrons. The van der Waals surface area contributed by atoms with E-state index in [1.165, 1.54) is 0 Å². The van der Waals surface area contributed by atoms with Gasteiger partial charge in [0.25, 0.3) is 0 Å². The minimum atomic E-state index is -0.705. The first-order valence-electron chi connectivity index (χ1n) is 5.84. The zero-order valence-corrected chi connectivity index (χ0v) is 11.2. The first-order valence-corrected chi connectivity index (χ1v) is 6.28. The van der Waals surface area contributed by atoms with Crippen molar-refractivity contribution in [1.82, 2.24) is 0 Å². The highest BCUT2D eigenvalue weighted by atomic mass is 35.5. The fraction of sp³-hybridized carbons (Fsp3) is 0.133. The summed E-state index contributed by atoms with van der Waals surface area (Å²) in [5.41, 5.74) is 1.46. The molecular formula is C15H14ClNO2. The summed E-state index contributed by atoms with van der Waals surface area (Å²) in [6.07, 6.45) is 0. The summed E-state index contributed by atoms with van der Waals surface area (Å²) in [7, 11) is 1.60. The van der Waals surface area contributed by atoms with Gasteiger partial charge in [-0.1, -0.05) is 30.3 Å². The lowest BCUT2D eigenvalue weighted by Gasteiger charge is -2.11. The van der Waals surface area contributed by atoms with Gasteiger partial charge in [-0.05, 0) is 29.8 Å². The predicted octanol–water partition coefficient (Wildman–Crippen LogP) is 3.61. The largest absolute Gasteiger partial charge is 0.497 e. The second kappa shape index (κ2) is 6.25. The van der Waals surface area contributed by atoms with Crippen LogP contribution >= 0.6 is 11.6 Å². The van der Waals surface area contributed by atoms with Crippen LogP contribution in [0.15, 0.2) is 54.6 Å². The highest BCUT2D eigenvalue weighted by Crippen LogP contribution is 2.23. The van der Waals surface area contributed by atoms with Crippen LogP contribution < -0.4 is 10.1 Å². The summed E-state index contributed by atoms with van der Waals surface area (Å²) in [6.45, 7) is 0. The maximum atomic E-state index is 12.0. The summed E-state index contributed by atoms with van der Waals surface area (Å²) < 4.78 is 5.05. The number of halogens is 1. The van der Waals surface area contributed by atoms with Crippen molar-refractivity contribution in [1.29, 1.82) is 0 Å². The molecule has 0 unspecified atom stereocenters. The Balaban J connectivity index is 2.04. The van der Waals surface area contributed by atoms with Gasteiger partial charge in [0.05, 0.1) is 7.11 Å². The van der Waals surface area contributed by atoms with E-state index in [4.69, 9.17) is 16.3 Å². The second-order valence-electron chi connectivity index (χ2n) is 3.99. The van der Waals surface area contributed by atoms with Crippen molar-refractivity contribution in [2.24, 2.45) is 0 Å². The van der Waals surface area contributed by atoms with Crippen molar-refractivity contribution in [3.05, 3.63) is 60.2 Å². The van der Waals surface area contributed by atoms with Crippen LogP contribution in [0.5, 0.6) is 5.75 Å². The molecule has 0 saturated heterocycles. The van der Waals surface area contributed by atoms with Crippen molar-refractivity contribution < 1.29 is 9.53 Å². The average Bonchev–Trinajstić information content (AvgIpc) is 2.48. The van der Waals surface area contributed by atoms with Gasteiger partial charge in [-0.15, -0.1) is 11.6 Å². The zero-order valence-electron chi connectivity index (χ0n) is 10.5. The Kier molecular flexibility index (Phi) is 4.42. The van der Waals surface area contributed by atoms with Crippen LogP contribution in [0.4, 0.5) is 5.69 Å². The number of amides is 1. The Morgan fingerprint density at radius 1 is 1.11 bits per heavy atom. The highest BCUT2D eigenvalue weighted by Gasteiger charge is 2.17. The third-order valence-corrected chi connectivity index (χ3v) is 3.13. The van der Waals surface area contributed by atoms with Crippen molar-refractivity contribution in [2.75, 3.05) is 12.4 Å². The lowest BCUT2D eigenvalue weighted by Crippen LogP contribution is -2.17. The number of nitrogens with one attached hydrogen (secondary N) is 1. The zero-order chi connectivity index (χ0) is 13.7. The number of ether oxygens (including phenoxy) is 1. The highest BCUT2D eigenvalue weighted by molar-refractivity contribution is 6.32. The maximum Gasteiger partial charge on any atom is 0.246 e. The molecule has 0 bridgehead atoms. The number of hydrogen-bond donors (Lipinski definition) is 1. The summed E-state index contributed by atoms with van der Waals surface area (Å²) in [4.78, 5) is 12.0. The van der Waals surface area contributed by atoms with E-state index in [1.807, 2.05) is 30.3 Å². The van der Waals surface area contributed by atoms with Crippen molar-refractivity contribution in [3.8, 4) is 5.75 Å². The average molecular weight is 276 g/mol. The number of carbonyl (C=O) groups excluding carboxylic acids is 1. The molecule has 0 fully saturated rings. The molecule has 1 atom stereocenters. The second-order valence-corrected chi connectivity index (χ2v) is 4.43. The minimum absolute atomic E-state index is 0.252. The van der Waals surface area contributed by atoms with Crippen LogP contribution in [0.3, 0.4) is 0 Å². The Morgan fingerprint density at radius 2 is 1.74 bits per heavy atom. The lowest BCUT2D eigenvalue weighted by atomic mass is 10.1. The summed E-state index contributed by atoms with van der Waals surface area (Å²) in [5.74, 6) is 0.488. The van der Waals surface area contributed by atoms with E-state index < -0.39 is 5.38 Å². The fourth-order valence-electron chi connectivity index (χ4n) is 1.65. The molecule has 4 heteroatoms. The van der Waals surface area contributed by atoms with E-state index in [2.05, 4.69) is 5.32 Å². The van der Waals surface area contributed by atoms with Crippen LogP contribution in [0.1, 0.15) is 10.9 Å². The molecular weight excluding hydrogens is 262 g/mol. The van der Waals surface area contributed by atoms with E-state index in [0.29, 0.717) is 5.69 Å². The van der Waals surface area contributed by atoms with Gasteiger partial charge in [0.1, 0.15) is 11.1 Å². The molecule has 2 aromatic rings. The smallest absolute Gasteiger partial charge is 0.246 e. The summed E-state index contributed by atoms with van der Waals surface area (Å²) >= 11 is 6.13. The number of benzene rings is 2. The number of hydrogen-bond acceptors (Lipinski definition) is 2. The Hall–Kier alpha value is -2.00. The van der Waals surface area contributed by atoms with Crippen LogP contribution in [-0.4, -0.2) is 13.0 Å². The molecule has 0 aromatic heterocycles. The lowest BCUT2D eigenvalue weighted by molar-refractivity contribution is -0.116. The van der Waals surface area contributed by atoms with Crippen molar-refractivity contribution >= 4 is 23.2 Å². The van der Waals surface area contributed by atoms with Crippen molar-refractivity contribution in [3.63, 3.8) is 0 Å². The van der Waals surface area contributed by atoms with Gasteiger partial charge in [0.15, 0.2) is 0 Å². The normalized spacial score (nSPS) is 11.7. The van der Waals surface area contributed by atoms with Gasteiger partial charge >= 0.3 is 0 Å². The predicted molar refractivity (Wildman–Crippen MR) is 76.7 cm³/mol. The standard InChI is InChI=1S/C15H14ClNO2/c1-19-13-9-7-12(8-10-13)17-15(18)14(16)11-5-3-2-4-6-11/h2-10,14H,1H3,(H,17,18)/t14-/m1/s1. The molecule has 0 aliphatic rings. The molecule has 0 heterocycles. The molecule has 0 spiro atoms. The van der Waals surface area contributed by atoms with Gasteiger partial charge in [0.2, 0.25) is 5.91 Å². The molecule has 0 aliphatic heterocycles. The number of methoxy groups -OCH3 is 1. The molecule has 98 valence electrons. The first-order chi connectivity index (χ1) is 9.20. The van der Waals surface area contributed by atoms with Crippen LogP contribution in [0.25, 0.3) is 0 Å². The maximum absolute atomic E-state index is 12.0. The van der Waals surface area contributed by atoms with Gasteiger partial charge < -0.3 is 10.1 Å². The Labute approximate surface area is 117 Å². The van der Waals surface area contributed by atoms with Crippen LogP contribution in [0, 0.1) is 0 Å². The topological polar surface area (TPSA) is 38.3 Å². The molecule has 0 saturated carbocycles. The van der Waals surface area contributed by atoms with E-state index in [0.717, 1.165) is 11.3 Å². The molecule has 2 aromatic carbocycles. The van der Waals surface area contributed by atoms with E-state index in [-0.39, 0.29) is 5.91 Å². The van der Waals surface area contributed by atoms with Gasteiger partial charge in [0, 0.05) is 5.69 Å². The number of carbonyl (C=O) groups is 1. The van der Waals surface area contributed by atoms with Gasteiger partial charge in [-0.25, -0.2) is 0 Å². The van der Waals surface area contributed by atoms with Crippen LogP contribution in [0.2, 0.25) is 0 Å².